The van der Waals surface area contributed by atoms with Crippen LogP contribution in [-0.2, 0) is 4.79 Å². The average molecular weight is 310 g/mol. The molecule has 7 nitrogen and oxygen atoms in total. The van der Waals surface area contributed by atoms with Crippen LogP contribution in [0.3, 0.4) is 0 Å². The second-order valence-corrected chi connectivity index (χ2v) is 4.85. The minimum absolute atomic E-state index is 0.0761. The maximum atomic E-state index is 11.3. The molecule has 0 bridgehead atoms. The van der Waals surface area contributed by atoms with Crippen LogP contribution in [0.4, 0.5) is 22.7 Å². The number of rotatable bonds is 4. The Morgan fingerprint density at radius 2 is 1.91 bits per heavy atom. The molecular weight excluding hydrogens is 296 g/mol. The maximum absolute atomic E-state index is 11.3. The Hall–Kier alpha value is -3.40. The van der Waals surface area contributed by atoms with E-state index in [2.05, 4.69) is 5.32 Å². The molecule has 1 N–H and O–H groups in total. The molecule has 0 fully saturated rings. The molecule has 0 atom stereocenters. The summed E-state index contributed by atoms with van der Waals surface area (Å²) in [6, 6.07) is 13.0. The highest BCUT2D eigenvalue weighted by Gasteiger charge is 2.11. The largest absolute Gasteiger partial charge is 0.354 e. The molecule has 0 aliphatic rings. The van der Waals surface area contributed by atoms with Gasteiger partial charge in [-0.1, -0.05) is 0 Å². The second kappa shape index (κ2) is 6.58. The lowest BCUT2D eigenvalue weighted by molar-refractivity contribution is -0.384. The second-order valence-electron chi connectivity index (χ2n) is 4.85. The van der Waals surface area contributed by atoms with Crippen molar-refractivity contribution in [3.8, 4) is 6.07 Å². The molecular formula is C16H14N4O3. The highest BCUT2D eigenvalue weighted by molar-refractivity contribution is 5.91. The van der Waals surface area contributed by atoms with E-state index in [9.17, 15) is 14.9 Å². The summed E-state index contributed by atoms with van der Waals surface area (Å²) in [5, 5.41) is 22.9. The highest BCUT2D eigenvalue weighted by Crippen LogP contribution is 2.26. The minimum atomic E-state index is -0.545. The van der Waals surface area contributed by atoms with Crippen LogP contribution in [0, 0.1) is 21.4 Å². The number of nitro groups is 1. The van der Waals surface area contributed by atoms with Gasteiger partial charge in [0.1, 0.15) is 6.07 Å². The van der Waals surface area contributed by atoms with E-state index in [-0.39, 0.29) is 17.2 Å². The van der Waals surface area contributed by atoms with Crippen LogP contribution in [0.2, 0.25) is 0 Å². The molecule has 0 saturated heterocycles. The summed E-state index contributed by atoms with van der Waals surface area (Å²) >= 11 is 0. The third-order valence-electron chi connectivity index (χ3n) is 3.34. The molecule has 2 aromatic rings. The van der Waals surface area contributed by atoms with Crippen LogP contribution < -0.4 is 10.2 Å². The first-order chi connectivity index (χ1) is 10.9. The van der Waals surface area contributed by atoms with Crippen molar-refractivity contribution in [3.63, 3.8) is 0 Å². The molecule has 0 spiro atoms. The molecule has 0 heterocycles. The van der Waals surface area contributed by atoms with Crippen LogP contribution in [-0.4, -0.2) is 17.9 Å². The standard InChI is InChI=1S/C16H14N4O3/c1-11(21)19(2)14-5-3-13(4-6-14)18-16-8-7-15(20(22)23)9-12(16)10-17/h3-9,18H,1-2H3. The van der Waals surface area contributed by atoms with Crippen molar-refractivity contribution < 1.29 is 9.72 Å². The first-order valence-corrected chi connectivity index (χ1v) is 6.72. The molecule has 7 heteroatoms. The van der Waals surface area contributed by atoms with Crippen molar-refractivity contribution in [3.05, 3.63) is 58.1 Å². The van der Waals surface area contributed by atoms with Crippen molar-refractivity contribution in [2.45, 2.75) is 6.92 Å². The number of nitriles is 1. The Morgan fingerprint density at radius 1 is 1.26 bits per heavy atom. The van der Waals surface area contributed by atoms with Crippen LogP contribution >= 0.6 is 0 Å². The Kier molecular flexibility index (Phi) is 4.57. The van der Waals surface area contributed by atoms with E-state index < -0.39 is 4.92 Å². The van der Waals surface area contributed by atoms with Gasteiger partial charge in [-0.05, 0) is 30.3 Å². The third kappa shape index (κ3) is 3.63. The molecule has 0 saturated carbocycles. The molecule has 23 heavy (non-hydrogen) atoms. The molecule has 0 unspecified atom stereocenters. The SMILES string of the molecule is CC(=O)N(C)c1ccc(Nc2ccc([N+](=O)[O-])cc2C#N)cc1. The molecule has 116 valence electrons. The number of carbonyl (C=O) groups excluding carboxylic acids is 1. The van der Waals surface area contributed by atoms with E-state index in [0.717, 1.165) is 5.69 Å². The van der Waals surface area contributed by atoms with Gasteiger partial charge >= 0.3 is 0 Å². The number of non-ortho nitro benzene ring substituents is 1. The lowest BCUT2D eigenvalue weighted by Crippen LogP contribution is -2.22. The van der Waals surface area contributed by atoms with Gasteiger partial charge in [-0.3, -0.25) is 14.9 Å². The Balaban J connectivity index is 2.24. The number of nitrogens with zero attached hydrogens (tertiary/aromatic N) is 3. The van der Waals surface area contributed by atoms with Crippen molar-refractivity contribution in [2.24, 2.45) is 0 Å². The van der Waals surface area contributed by atoms with E-state index in [1.54, 1.807) is 31.3 Å². The van der Waals surface area contributed by atoms with Crippen LogP contribution in [0.15, 0.2) is 42.5 Å². The van der Waals surface area contributed by atoms with Gasteiger partial charge in [0.2, 0.25) is 5.91 Å². The molecule has 0 radical (unpaired) electrons. The molecule has 2 rings (SSSR count). The predicted octanol–water partition coefficient (Wildman–Crippen LogP) is 3.19. The molecule has 0 aromatic heterocycles. The zero-order valence-electron chi connectivity index (χ0n) is 12.6. The number of amides is 1. The number of carbonyl (C=O) groups is 1. The summed E-state index contributed by atoms with van der Waals surface area (Å²) in [5.41, 5.74) is 1.98. The molecule has 2 aromatic carbocycles. The van der Waals surface area contributed by atoms with Gasteiger partial charge in [-0.2, -0.15) is 5.26 Å². The molecule has 0 aliphatic carbocycles. The van der Waals surface area contributed by atoms with Crippen molar-refractivity contribution >= 4 is 28.7 Å². The van der Waals surface area contributed by atoms with E-state index in [4.69, 9.17) is 5.26 Å². The summed E-state index contributed by atoms with van der Waals surface area (Å²) in [6.45, 7) is 1.47. The van der Waals surface area contributed by atoms with E-state index >= 15 is 0 Å². The number of hydrogen-bond acceptors (Lipinski definition) is 5. The number of benzene rings is 2. The first kappa shape index (κ1) is 16.0. The summed E-state index contributed by atoms with van der Waals surface area (Å²) in [6.07, 6.45) is 0. The monoisotopic (exact) mass is 310 g/mol. The fourth-order valence-corrected chi connectivity index (χ4v) is 1.95. The molecule has 1 amide bonds. The summed E-state index contributed by atoms with van der Waals surface area (Å²) in [7, 11) is 1.68. The zero-order chi connectivity index (χ0) is 17.0. The van der Waals surface area contributed by atoms with Gasteiger partial charge in [0.25, 0.3) is 5.69 Å². The van der Waals surface area contributed by atoms with Gasteiger partial charge in [-0.15, -0.1) is 0 Å². The van der Waals surface area contributed by atoms with Crippen molar-refractivity contribution in [1.82, 2.24) is 0 Å². The number of anilines is 3. The summed E-state index contributed by atoms with van der Waals surface area (Å²) in [5.74, 6) is -0.0761. The first-order valence-electron chi connectivity index (χ1n) is 6.72. The van der Waals surface area contributed by atoms with Gasteiger partial charge < -0.3 is 10.2 Å². The van der Waals surface area contributed by atoms with Gasteiger partial charge in [-0.25, -0.2) is 0 Å². The van der Waals surface area contributed by atoms with Crippen LogP contribution in [0.1, 0.15) is 12.5 Å². The topological polar surface area (TPSA) is 99.3 Å². The number of hydrogen-bond donors (Lipinski definition) is 1. The predicted molar refractivity (Wildman–Crippen MR) is 86.6 cm³/mol. The Bertz CT molecular complexity index is 794. The number of nitrogens with one attached hydrogen (secondary N) is 1. The lowest BCUT2D eigenvalue weighted by Gasteiger charge is -2.15. The fraction of sp³-hybridized carbons (Fsp3) is 0.125. The Morgan fingerprint density at radius 3 is 2.43 bits per heavy atom. The van der Waals surface area contributed by atoms with Crippen molar-refractivity contribution in [1.29, 1.82) is 5.26 Å². The smallest absolute Gasteiger partial charge is 0.270 e. The van der Waals surface area contributed by atoms with Gasteiger partial charge in [0.15, 0.2) is 0 Å². The summed E-state index contributed by atoms with van der Waals surface area (Å²) in [4.78, 5) is 23.0. The van der Waals surface area contributed by atoms with Crippen LogP contribution in [0.25, 0.3) is 0 Å². The fourth-order valence-electron chi connectivity index (χ4n) is 1.95. The third-order valence-corrected chi connectivity index (χ3v) is 3.34. The molecule has 0 aliphatic heterocycles. The Labute approximate surface area is 132 Å². The lowest BCUT2D eigenvalue weighted by atomic mass is 10.1. The van der Waals surface area contributed by atoms with E-state index in [1.165, 1.54) is 30.0 Å². The average Bonchev–Trinajstić information content (AvgIpc) is 2.55. The maximum Gasteiger partial charge on any atom is 0.270 e. The van der Waals surface area contributed by atoms with E-state index in [0.29, 0.717) is 11.4 Å². The summed E-state index contributed by atoms with van der Waals surface area (Å²) < 4.78 is 0. The highest BCUT2D eigenvalue weighted by atomic mass is 16.6. The van der Waals surface area contributed by atoms with Gasteiger partial charge in [0.05, 0.1) is 16.2 Å². The normalized spacial score (nSPS) is 9.78. The van der Waals surface area contributed by atoms with Crippen molar-refractivity contribution in [2.75, 3.05) is 17.3 Å². The minimum Gasteiger partial charge on any atom is -0.354 e. The number of nitro benzene ring substituents is 1. The van der Waals surface area contributed by atoms with E-state index in [1.807, 2.05) is 6.07 Å². The van der Waals surface area contributed by atoms with Gasteiger partial charge in [0, 0.05) is 37.5 Å². The zero-order valence-corrected chi connectivity index (χ0v) is 12.6. The quantitative estimate of drug-likeness (QED) is 0.690. The van der Waals surface area contributed by atoms with Crippen LogP contribution in [0.5, 0.6) is 0 Å².